The predicted octanol–water partition coefficient (Wildman–Crippen LogP) is 1.70. The first kappa shape index (κ1) is 14.2. The van der Waals surface area contributed by atoms with Gasteiger partial charge in [0.25, 0.3) is 0 Å². The van der Waals surface area contributed by atoms with Crippen LogP contribution in [0.1, 0.15) is 11.4 Å². The van der Waals surface area contributed by atoms with Crippen LogP contribution in [0.5, 0.6) is 0 Å². The van der Waals surface area contributed by atoms with Crippen LogP contribution in [0.15, 0.2) is 33.9 Å². The zero-order valence-corrected chi connectivity index (χ0v) is 12.9. The molecule has 0 atom stereocenters. The van der Waals surface area contributed by atoms with Crippen LogP contribution in [-0.2, 0) is 16.6 Å². The topological polar surface area (TPSA) is 79.0 Å². The molecule has 1 heterocycles. The second kappa shape index (κ2) is 5.40. The number of hydrogen-bond donors (Lipinski definition) is 1. The maximum Gasteiger partial charge on any atom is 0.243 e. The lowest BCUT2D eigenvalue weighted by atomic mass is 10.2. The minimum Gasteiger partial charge on any atom is -0.262 e. The van der Waals surface area contributed by atoms with Crippen molar-refractivity contribution < 1.29 is 8.42 Å². The van der Waals surface area contributed by atoms with Crippen LogP contribution in [0.3, 0.4) is 0 Å². The summed E-state index contributed by atoms with van der Waals surface area (Å²) < 4.78 is 26.9. The molecule has 0 aliphatic heterocycles. The molecule has 0 saturated carbocycles. The monoisotopic (exact) mass is 344 g/mol. The van der Waals surface area contributed by atoms with E-state index in [0.717, 1.165) is 4.47 Å². The molecule has 19 heavy (non-hydrogen) atoms. The lowest BCUT2D eigenvalue weighted by Crippen LogP contribution is -2.27. The zero-order chi connectivity index (χ0) is 14.0. The molecule has 0 aliphatic carbocycles. The lowest BCUT2D eigenvalue weighted by Gasteiger charge is -2.17. The summed E-state index contributed by atoms with van der Waals surface area (Å²) in [5.74, 6) is 0.499. The number of hydrogen-bond acceptors (Lipinski definition) is 4. The molecule has 0 unspecified atom stereocenters. The van der Waals surface area contributed by atoms with Crippen LogP contribution >= 0.6 is 15.9 Å². The molecule has 0 bridgehead atoms. The number of nitrogens with one attached hydrogen (secondary N) is 1. The van der Waals surface area contributed by atoms with Gasteiger partial charge in [0, 0.05) is 11.5 Å². The molecule has 2 aromatic rings. The highest BCUT2D eigenvalue weighted by Gasteiger charge is 2.23. The van der Waals surface area contributed by atoms with Gasteiger partial charge in [-0.05, 0) is 24.6 Å². The first-order valence-electron chi connectivity index (χ1n) is 5.48. The SMILES string of the molecule is Cc1ccc(Br)cc1S(=O)(=O)N(C)Cc1ncn[nH]1. The van der Waals surface area contributed by atoms with Crippen molar-refractivity contribution in [2.45, 2.75) is 18.4 Å². The first-order valence-corrected chi connectivity index (χ1v) is 7.71. The molecule has 0 saturated heterocycles. The third kappa shape index (κ3) is 3.02. The summed E-state index contributed by atoms with van der Waals surface area (Å²) in [6, 6.07) is 5.17. The fraction of sp³-hybridized carbons (Fsp3) is 0.273. The minimum absolute atomic E-state index is 0.147. The van der Waals surface area contributed by atoms with Crippen LogP contribution < -0.4 is 0 Å². The van der Waals surface area contributed by atoms with Crippen molar-refractivity contribution in [3.63, 3.8) is 0 Å². The Morgan fingerprint density at radius 1 is 1.42 bits per heavy atom. The van der Waals surface area contributed by atoms with Crippen molar-refractivity contribution in [3.05, 3.63) is 40.4 Å². The lowest BCUT2D eigenvalue weighted by molar-refractivity contribution is 0.457. The summed E-state index contributed by atoms with van der Waals surface area (Å²) in [7, 11) is -2.04. The Morgan fingerprint density at radius 2 is 2.16 bits per heavy atom. The summed E-state index contributed by atoms with van der Waals surface area (Å²) in [5.41, 5.74) is 0.701. The van der Waals surface area contributed by atoms with Crippen molar-refractivity contribution in [2.75, 3.05) is 7.05 Å². The van der Waals surface area contributed by atoms with E-state index in [1.165, 1.54) is 17.7 Å². The maximum atomic E-state index is 12.5. The van der Waals surface area contributed by atoms with Gasteiger partial charge < -0.3 is 0 Å². The standard InChI is InChI=1S/C11H13BrN4O2S/c1-8-3-4-9(12)5-10(8)19(17,18)16(2)6-11-13-7-14-15-11/h3-5,7H,6H2,1-2H3,(H,13,14,15). The number of rotatable bonds is 4. The number of aryl methyl sites for hydroxylation is 1. The molecule has 0 amide bonds. The molecular formula is C11H13BrN4O2S. The Bertz CT molecular complexity index is 670. The largest absolute Gasteiger partial charge is 0.262 e. The molecule has 102 valence electrons. The zero-order valence-electron chi connectivity index (χ0n) is 10.5. The number of benzene rings is 1. The van der Waals surface area contributed by atoms with Crippen LogP contribution in [0.25, 0.3) is 0 Å². The van der Waals surface area contributed by atoms with Gasteiger partial charge in [-0.2, -0.15) is 9.40 Å². The summed E-state index contributed by atoms with van der Waals surface area (Å²) in [6.45, 7) is 1.91. The van der Waals surface area contributed by atoms with Crippen molar-refractivity contribution in [1.29, 1.82) is 0 Å². The van der Waals surface area contributed by atoms with Crippen LogP contribution in [-0.4, -0.2) is 35.0 Å². The molecule has 0 spiro atoms. The van der Waals surface area contributed by atoms with Crippen molar-refractivity contribution in [2.24, 2.45) is 0 Å². The Hall–Kier alpha value is -1.25. The van der Waals surface area contributed by atoms with E-state index in [1.54, 1.807) is 19.1 Å². The quantitative estimate of drug-likeness (QED) is 0.915. The first-order chi connectivity index (χ1) is 8.91. The molecule has 0 fully saturated rings. The summed E-state index contributed by atoms with van der Waals surface area (Å²) >= 11 is 3.29. The highest BCUT2D eigenvalue weighted by Crippen LogP contribution is 2.23. The molecule has 2 rings (SSSR count). The van der Waals surface area contributed by atoms with Crippen molar-refractivity contribution in [3.8, 4) is 0 Å². The Kier molecular flexibility index (Phi) is 4.02. The van der Waals surface area contributed by atoms with Gasteiger partial charge in [0.1, 0.15) is 12.2 Å². The Morgan fingerprint density at radius 3 is 2.79 bits per heavy atom. The van der Waals surface area contributed by atoms with Gasteiger partial charge in [0.15, 0.2) is 0 Å². The van der Waals surface area contributed by atoms with E-state index in [0.29, 0.717) is 11.4 Å². The highest BCUT2D eigenvalue weighted by atomic mass is 79.9. The number of aromatic nitrogens is 3. The number of H-pyrrole nitrogens is 1. The number of nitrogens with zero attached hydrogens (tertiary/aromatic N) is 3. The molecule has 1 aromatic heterocycles. The van der Waals surface area contributed by atoms with Gasteiger partial charge in [0.2, 0.25) is 10.0 Å². The minimum atomic E-state index is -3.55. The average Bonchev–Trinajstić information content (AvgIpc) is 2.85. The molecule has 1 aromatic carbocycles. The number of sulfonamides is 1. The maximum absolute atomic E-state index is 12.5. The Balaban J connectivity index is 2.33. The predicted molar refractivity (Wildman–Crippen MR) is 73.9 cm³/mol. The molecule has 6 nitrogen and oxygen atoms in total. The van der Waals surface area contributed by atoms with Gasteiger partial charge in [0.05, 0.1) is 11.4 Å². The van der Waals surface area contributed by atoms with E-state index >= 15 is 0 Å². The summed E-state index contributed by atoms with van der Waals surface area (Å²) in [5, 5.41) is 6.34. The summed E-state index contributed by atoms with van der Waals surface area (Å²) in [4.78, 5) is 4.20. The van der Waals surface area contributed by atoms with E-state index in [1.807, 2.05) is 6.07 Å². The average molecular weight is 345 g/mol. The van der Waals surface area contributed by atoms with Crippen molar-refractivity contribution >= 4 is 26.0 Å². The van der Waals surface area contributed by atoms with E-state index in [4.69, 9.17) is 0 Å². The normalized spacial score (nSPS) is 12.0. The molecule has 0 aliphatic rings. The van der Waals surface area contributed by atoms with Crippen molar-refractivity contribution in [1.82, 2.24) is 19.5 Å². The Labute approximate surface area is 120 Å². The second-order valence-corrected chi connectivity index (χ2v) is 7.03. The van der Waals surface area contributed by atoms with E-state index < -0.39 is 10.0 Å². The fourth-order valence-electron chi connectivity index (χ4n) is 1.62. The van der Waals surface area contributed by atoms with Crippen LogP contribution in [0.2, 0.25) is 0 Å². The smallest absolute Gasteiger partial charge is 0.243 e. The van der Waals surface area contributed by atoms with Crippen LogP contribution in [0.4, 0.5) is 0 Å². The molecule has 8 heteroatoms. The van der Waals surface area contributed by atoms with Gasteiger partial charge in [-0.1, -0.05) is 22.0 Å². The van der Waals surface area contributed by atoms with Crippen LogP contribution in [0, 0.1) is 6.92 Å². The van der Waals surface area contributed by atoms with Gasteiger partial charge in [-0.15, -0.1) is 0 Å². The van der Waals surface area contributed by atoms with Gasteiger partial charge in [-0.25, -0.2) is 13.4 Å². The van der Waals surface area contributed by atoms with Gasteiger partial charge >= 0.3 is 0 Å². The highest BCUT2D eigenvalue weighted by molar-refractivity contribution is 9.10. The number of halogens is 1. The van der Waals surface area contributed by atoms with E-state index in [-0.39, 0.29) is 11.4 Å². The van der Waals surface area contributed by atoms with Gasteiger partial charge in [-0.3, -0.25) is 5.10 Å². The number of aromatic amines is 1. The van der Waals surface area contributed by atoms with E-state index in [9.17, 15) is 8.42 Å². The fourth-order valence-corrected chi connectivity index (χ4v) is 3.51. The third-order valence-electron chi connectivity index (χ3n) is 2.68. The molecular weight excluding hydrogens is 332 g/mol. The van der Waals surface area contributed by atoms with E-state index in [2.05, 4.69) is 31.1 Å². The summed E-state index contributed by atoms with van der Waals surface area (Å²) in [6.07, 6.45) is 1.35. The molecule has 1 N–H and O–H groups in total. The second-order valence-electron chi connectivity index (χ2n) is 4.10. The molecule has 0 radical (unpaired) electrons. The third-order valence-corrected chi connectivity index (χ3v) is 5.11.